The fourth-order valence-electron chi connectivity index (χ4n) is 2.48. The molecule has 1 aliphatic rings. The lowest BCUT2D eigenvalue weighted by molar-refractivity contribution is -0.118. The van der Waals surface area contributed by atoms with Crippen molar-refractivity contribution in [1.29, 1.82) is 0 Å². The van der Waals surface area contributed by atoms with Gasteiger partial charge < -0.3 is 15.2 Å². The van der Waals surface area contributed by atoms with Gasteiger partial charge in [-0.3, -0.25) is 4.79 Å². The number of phenols is 1. The molecule has 3 amide bonds. The van der Waals surface area contributed by atoms with E-state index >= 15 is 0 Å². The molecule has 2 aromatic carbocycles. The number of nitrogens with one attached hydrogen (secondary N) is 1. The van der Waals surface area contributed by atoms with Gasteiger partial charge in [0.2, 0.25) is 0 Å². The van der Waals surface area contributed by atoms with Crippen LogP contribution < -0.4 is 15.0 Å². The van der Waals surface area contributed by atoms with E-state index in [0.29, 0.717) is 16.3 Å². The van der Waals surface area contributed by atoms with Crippen molar-refractivity contribution in [3.05, 3.63) is 53.1 Å². The van der Waals surface area contributed by atoms with Gasteiger partial charge in [-0.05, 0) is 35.9 Å². The Hall–Kier alpha value is -2.73. The highest BCUT2D eigenvalue weighted by atomic mass is 35.5. The van der Waals surface area contributed by atoms with Gasteiger partial charge in [0.25, 0.3) is 5.91 Å². The zero-order valence-electron chi connectivity index (χ0n) is 12.1. The maximum absolute atomic E-state index is 12.7. The number of methoxy groups -OCH3 is 1. The van der Waals surface area contributed by atoms with Crippen molar-refractivity contribution in [2.75, 3.05) is 12.0 Å². The van der Waals surface area contributed by atoms with Gasteiger partial charge in [-0.1, -0.05) is 23.7 Å². The second-order valence-corrected chi connectivity index (χ2v) is 5.40. The van der Waals surface area contributed by atoms with Crippen LogP contribution in [0.3, 0.4) is 0 Å². The first-order valence-corrected chi connectivity index (χ1v) is 7.16. The van der Waals surface area contributed by atoms with Crippen molar-refractivity contribution in [1.82, 2.24) is 5.32 Å². The summed E-state index contributed by atoms with van der Waals surface area (Å²) in [6.45, 7) is 0. The summed E-state index contributed by atoms with van der Waals surface area (Å²) in [5.74, 6) is -0.0982. The van der Waals surface area contributed by atoms with E-state index in [1.807, 2.05) is 0 Å². The smallest absolute Gasteiger partial charge is 0.329 e. The van der Waals surface area contributed by atoms with E-state index in [4.69, 9.17) is 16.3 Å². The lowest BCUT2D eigenvalue weighted by atomic mass is 10.1. The fourth-order valence-corrected chi connectivity index (χ4v) is 2.64. The van der Waals surface area contributed by atoms with Crippen LogP contribution in [-0.4, -0.2) is 24.2 Å². The molecule has 1 heterocycles. The predicted molar refractivity (Wildman–Crippen MR) is 84.9 cm³/mol. The normalized spacial score (nSPS) is 17.3. The number of phenolic OH excluding ortho intramolecular Hbond substituents is 1. The third-order valence-corrected chi connectivity index (χ3v) is 3.76. The first-order chi connectivity index (χ1) is 11.0. The zero-order chi connectivity index (χ0) is 16.6. The molecule has 0 saturated carbocycles. The number of aromatic hydroxyl groups is 1. The molecule has 6 nitrogen and oxygen atoms in total. The first-order valence-electron chi connectivity index (χ1n) is 6.78. The van der Waals surface area contributed by atoms with Gasteiger partial charge in [-0.25, -0.2) is 9.69 Å². The maximum Gasteiger partial charge on any atom is 0.329 e. The molecule has 0 unspecified atom stereocenters. The highest BCUT2D eigenvalue weighted by molar-refractivity contribution is 6.31. The second-order valence-electron chi connectivity index (χ2n) is 4.97. The van der Waals surface area contributed by atoms with Gasteiger partial charge in [0.15, 0.2) is 0 Å². The molecular formula is C16H13ClN2O4. The second kappa shape index (κ2) is 5.81. The van der Waals surface area contributed by atoms with Gasteiger partial charge in [-0.15, -0.1) is 0 Å². The van der Waals surface area contributed by atoms with Crippen LogP contribution >= 0.6 is 11.6 Å². The number of anilines is 1. The van der Waals surface area contributed by atoms with E-state index in [0.717, 1.165) is 4.90 Å². The number of amides is 3. The Balaban J connectivity index is 2.01. The average Bonchev–Trinajstić information content (AvgIpc) is 2.82. The summed E-state index contributed by atoms with van der Waals surface area (Å²) in [5, 5.41) is 12.5. The van der Waals surface area contributed by atoms with Gasteiger partial charge >= 0.3 is 6.03 Å². The Morgan fingerprint density at radius 2 is 2.00 bits per heavy atom. The largest absolute Gasteiger partial charge is 0.508 e. The Bertz CT molecular complexity index is 793. The molecule has 3 rings (SSSR count). The summed E-state index contributed by atoms with van der Waals surface area (Å²) in [5.41, 5.74) is 0.761. The summed E-state index contributed by atoms with van der Waals surface area (Å²) in [6.07, 6.45) is 0. The van der Waals surface area contributed by atoms with E-state index in [1.165, 1.54) is 25.3 Å². The van der Waals surface area contributed by atoms with Crippen molar-refractivity contribution in [2.24, 2.45) is 0 Å². The number of carbonyl (C=O) groups is 2. The minimum atomic E-state index is -0.877. The minimum Gasteiger partial charge on any atom is -0.508 e. The van der Waals surface area contributed by atoms with Crippen molar-refractivity contribution in [2.45, 2.75) is 6.04 Å². The van der Waals surface area contributed by atoms with Crippen LogP contribution in [-0.2, 0) is 4.79 Å². The molecule has 1 aliphatic heterocycles. The average molecular weight is 333 g/mol. The molecule has 1 saturated heterocycles. The molecule has 2 aromatic rings. The third-order valence-electron chi connectivity index (χ3n) is 3.52. The van der Waals surface area contributed by atoms with Crippen molar-refractivity contribution >= 4 is 29.2 Å². The van der Waals surface area contributed by atoms with Crippen LogP contribution in [0.5, 0.6) is 11.5 Å². The highest BCUT2D eigenvalue weighted by Gasteiger charge is 2.41. The molecule has 0 radical (unpaired) electrons. The number of hydrogen-bond donors (Lipinski definition) is 2. The predicted octanol–water partition coefficient (Wildman–Crippen LogP) is 2.85. The molecule has 7 heteroatoms. The fraction of sp³-hybridized carbons (Fsp3) is 0.125. The number of halogens is 1. The number of carbonyl (C=O) groups excluding carboxylic acids is 2. The molecule has 1 fully saturated rings. The maximum atomic E-state index is 12.7. The highest BCUT2D eigenvalue weighted by Crippen LogP contribution is 2.36. The van der Waals surface area contributed by atoms with Crippen molar-refractivity contribution in [3.8, 4) is 11.5 Å². The van der Waals surface area contributed by atoms with E-state index < -0.39 is 18.0 Å². The molecule has 0 bridgehead atoms. The van der Waals surface area contributed by atoms with Gasteiger partial charge in [-0.2, -0.15) is 0 Å². The van der Waals surface area contributed by atoms with Gasteiger partial charge in [0.1, 0.15) is 17.5 Å². The summed E-state index contributed by atoms with van der Waals surface area (Å²) in [7, 11) is 1.44. The Morgan fingerprint density at radius 1 is 1.22 bits per heavy atom. The number of imide groups is 1. The van der Waals surface area contributed by atoms with Crippen LogP contribution in [0.25, 0.3) is 0 Å². The van der Waals surface area contributed by atoms with Crippen molar-refractivity contribution in [3.63, 3.8) is 0 Å². The molecule has 118 valence electrons. The quantitative estimate of drug-likeness (QED) is 0.847. The monoisotopic (exact) mass is 332 g/mol. The Kier molecular flexibility index (Phi) is 3.83. The number of rotatable bonds is 3. The van der Waals surface area contributed by atoms with Crippen LogP contribution in [0, 0.1) is 0 Å². The number of hydrogen-bond acceptors (Lipinski definition) is 4. The van der Waals surface area contributed by atoms with E-state index in [-0.39, 0.29) is 11.4 Å². The standard InChI is InChI=1S/C16H13ClN2O4/c1-23-13-6-5-10(17)8-12(13)19-15(21)14(18-16(19)22)9-3-2-4-11(20)7-9/h2-8,14,20H,1H3,(H,18,22)/t14-/m1/s1. The van der Waals surface area contributed by atoms with Crippen LogP contribution in [0.4, 0.5) is 10.5 Å². The lowest BCUT2D eigenvalue weighted by Gasteiger charge is -2.17. The lowest BCUT2D eigenvalue weighted by Crippen LogP contribution is -2.31. The Labute approximate surface area is 137 Å². The van der Waals surface area contributed by atoms with Gasteiger partial charge in [0, 0.05) is 5.02 Å². The Morgan fingerprint density at radius 3 is 2.70 bits per heavy atom. The molecule has 0 aromatic heterocycles. The third kappa shape index (κ3) is 2.68. The number of ether oxygens (including phenoxy) is 1. The van der Waals surface area contributed by atoms with E-state index in [9.17, 15) is 14.7 Å². The number of urea groups is 1. The van der Waals surface area contributed by atoms with E-state index in [1.54, 1.807) is 24.3 Å². The first kappa shape index (κ1) is 15.2. The molecule has 23 heavy (non-hydrogen) atoms. The molecule has 0 aliphatic carbocycles. The number of benzene rings is 2. The van der Waals surface area contributed by atoms with Crippen LogP contribution in [0.1, 0.15) is 11.6 Å². The summed E-state index contributed by atoms with van der Waals surface area (Å²) in [6, 6.07) is 9.40. The summed E-state index contributed by atoms with van der Waals surface area (Å²) >= 11 is 5.96. The molecule has 0 spiro atoms. The summed E-state index contributed by atoms with van der Waals surface area (Å²) < 4.78 is 5.20. The van der Waals surface area contributed by atoms with E-state index in [2.05, 4.69) is 5.32 Å². The topological polar surface area (TPSA) is 78.9 Å². The van der Waals surface area contributed by atoms with Crippen LogP contribution in [0.2, 0.25) is 5.02 Å². The zero-order valence-corrected chi connectivity index (χ0v) is 12.9. The van der Waals surface area contributed by atoms with Crippen molar-refractivity contribution < 1.29 is 19.4 Å². The number of nitrogens with zero attached hydrogens (tertiary/aromatic N) is 1. The molecular weight excluding hydrogens is 320 g/mol. The van der Waals surface area contributed by atoms with Crippen LogP contribution in [0.15, 0.2) is 42.5 Å². The van der Waals surface area contributed by atoms with Gasteiger partial charge in [0.05, 0.1) is 12.8 Å². The molecule has 1 atom stereocenters. The SMILES string of the molecule is COc1ccc(Cl)cc1N1C(=O)N[C@H](c2cccc(O)c2)C1=O. The molecule has 2 N–H and O–H groups in total. The minimum absolute atomic E-state index is 0.0170. The summed E-state index contributed by atoms with van der Waals surface area (Å²) in [4.78, 5) is 25.9.